The summed E-state index contributed by atoms with van der Waals surface area (Å²) in [5.74, 6) is -3.62. The first-order valence-corrected chi connectivity index (χ1v) is 13.0. The number of carbonyl (C=O) groups is 3. The van der Waals surface area contributed by atoms with E-state index in [-0.39, 0.29) is 29.4 Å². The molecule has 0 aromatic heterocycles. The second-order valence-electron chi connectivity index (χ2n) is 10.4. The van der Waals surface area contributed by atoms with Crippen LogP contribution in [0.25, 0.3) is 0 Å². The predicted octanol–water partition coefficient (Wildman–Crippen LogP) is 5.32. The Kier molecular flexibility index (Phi) is 8.73. The lowest BCUT2D eigenvalue weighted by Gasteiger charge is -2.40. The van der Waals surface area contributed by atoms with Gasteiger partial charge in [-0.3, -0.25) is 4.79 Å². The van der Waals surface area contributed by atoms with Crippen molar-refractivity contribution in [2.45, 2.75) is 24.6 Å². The lowest BCUT2D eigenvalue weighted by atomic mass is 9.85. The van der Waals surface area contributed by atoms with Crippen LogP contribution in [0.3, 0.4) is 0 Å². The number of likely N-dealkylation sites (tertiary alicyclic amines) is 1. The van der Waals surface area contributed by atoms with Gasteiger partial charge in [-0.05, 0) is 0 Å². The highest BCUT2D eigenvalue weighted by atomic mass is 19.4. The van der Waals surface area contributed by atoms with E-state index in [1.165, 1.54) is 24.3 Å². The standard InChI is InChI=1S/C31H31F3NO5/c1-35(21-27(36)24-11-5-2-6-12-24)19-17-23(18-20-35)22-39-28(37)30(25-13-7-3-8-14-25,26-15-9-4-10-16-26)40-29(38)31(32,33)34/h2-16,23H,17-22H2,1H3/q+1. The zero-order valence-corrected chi connectivity index (χ0v) is 22.1. The molecule has 0 radical (unpaired) electrons. The third kappa shape index (κ3) is 6.59. The summed E-state index contributed by atoms with van der Waals surface area (Å²) < 4.78 is 51.3. The lowest BCUT2D eigenvalue weighted by Crippen LogP contribution is -2.53. The largest absolute Gasteiger partial charge is 0.490 e. The van der Waals surface area contributed by atoms with Gasteiger partial charge in [0.15, 0.2) is 0 Å². The highest BCUT2D eigenvalue weighted by molar-refractivity contribution is 5.97. The van der Waals surface area contributed by atoms with E-state index in [4.69, 9.17) is 9.47 Å². The Morgan fingerprint density at radius 1 is 0.775 bits per heavy atom. The van der Waals surface area contributed by atoms with Crippen molar-refractivity contribution < 1.29 is 41.5 Å². The van der Waals surface area contributed by atoms with Gasteiger partial charge in [0.2, 0.25) is 5.78 Å². The minimum Gasteiger partial charge on any atom is -0.462 e. The molecule has 1 aliphatic heterocycles. The number of ketones is 1. The van der Waals surface area contributed by atoms with Gasteiger partial charge in [0, 0.05) is 35.4 Å². The van der Waals surface area contributed by atoms with Gasteiger partial charge >= 0.3 is 18.1 Å². The summed E-state index contributed by atoms with van der Waals surface area (Å²) in [6.07, 6.45) is -4.02. The first-order valence-electron chi connectivity index (χ1n) is 13.0. The molecule has 210 valence electrons. The molecule has 0 aliphatic carbocycles. The van der Waals surface area contributed by atoms with E-state index in [2.05, 4.69) is 0 Å². The Morgan fingerprint density at radius 2 is 1.25 bits per heavy atom. The molecule has 0 atom stereocenters. The van der Waals surface area contributed by atoms with Crippen LogP contribution in [-0.2, 0) is 24.7 Å². The summed E-state index contributed by atoms with van der Waals surface area (Å²) in [6.45, 7) is 1.63. The second kappa shape index (κ2) is 12.0. The molecule has 1 aliphatic rings. The Balaban J connectivity index is 1.50. The number of benzene rings is 3. The van der Waals surface area contributed by atoms with Gasteiger partial charge in [-0.25, -0.2) is 9.59 Å². The summed E-state index contributed by atoms with van der Waals surface area (Å²) in [5, 5.41) is 0. The van der Waals surface area contributed by atoms with Gasteiger partial charge in [0.1, 0.15) is 6.54 Å². The van der Waals surface area contributed by atoms with Crippen LogP contribution in [0, 0.1) is 5.92 Å². The van der Waals surface area contributed by atoms with Crippen LogP contribution in [0.1, 0.15) is 34.3 Å². The SMILES string of the molecule is C[N+]1(CC(=O)c2ccccc2)CCC(COC(=O)C(OC(=O)C(F)(F)F)(c2ccccc2)c2ccccc2)CC1. The number of likely N-dealkylation sites (N-methyl/N-ethyl adjacent to an activating group) is 1. The smallest absolute Gasteiger partial charge is 0.462 e. The van der Waals surface area contributed by atoms with E-state index in [1.807, 2.05) is 25.2 Å². The molecule has 1 saturated heterocycles. The number of piperidine rings is 1. The normalized spacial score (nSPS) is 19.4. The molecule has 40 heavy (non-hydrogen) atoms. The third-order valence-corrected chi connectivity index (χ3v) is 7.35. The number of carbonyl (C=O) groups excluding carboxylic acids is 3. The molecule has 4 rings (SSSR count). The summed E-state index contributed by atoms with van der Waals surface area (Å²) in [4.78, 5) is 38.5. The molecule has 1 heterocycles. The predicted molar refractivity (Wildman–Crippen MR) is 141 cm³/mol. The van der Waals surface area contributed by atoms with Crippen LogP contribution in [0.5, 0.6) is 0 Å². The highest BCUT2D eigenvalue weighted by Gasteiger charge is 2.53. The fourth-order valence-corrected chi connectivity index (χ4v) is 5.03. The van der Waals surface area contributed by atoms with Crippen LogP contribution in [0.15, 0.2) is 91.0 Å². The topological polar surface area (TPSA) is 69.7 Å². The maximum Gasteiger partial charge on any atom is 0.490 e. The minimum absolute atomic E-state index is 0.0381. The van der Waals surface area contributed by atoms with Crippen LogP contribution in [-0.4, -0.2) is 61.7 Å². The number of Topliss-reactive ketones (excluding diaryl/α,β-unsaturated/α-hetero) is 1. The molecular formula is C31H31F3NO5+. The van der Waals surface area contributed by atoms with Crippen molar-refractivity contribution in [2.24, 2.45) is 5.92 Å². The second-order valence-corrected chi connectivity index (χ2v) is 10.4. The molecule has 3 aromatic rings. The number of halogens is 3. The van der Waals surface area contributed by atoms with Crippen molar-refractivity contribution in [3.63, 3.8) is 0 Å². The Labute approximate surface area is 230 Å². The molecular weight excluding hydrogens is 523 g/mol. The molecule has 0 N–H and O–H groups in total. The van der Waals surface area contributed by atoms with Crippen LogP contribution < -0.4 is 0 Å². The molecule has 3 aromatic carbocycles. The van der Waals surface area contributed by atoms with Crippen LogP contribution in [0.4, 0.5) is 13.2 Å². The van der Waals surface area contributed by atoms with Crippen molar-refractivity contribution in [2.75, 3.05) is 33.3 Å². The Hall–Kier alpha value is -3.98. The van der Waals surface area contributed by atoms with E-state index in [9.17, 15) is 27.6 Å². The van der Waals surface area contributed by atoms with Crippen molar-refractivity contribution >= 4 is 17.7 Å². The fourth-order valence-electron chi connectivity index (χ4n) is 5.03. The van der Waals surface area contributed by atoms with Gasteiger partial charge in [-0.2, -0.15) is 13.2 Å². The maximum atomic E-state index is 13.7. The summed E-state index contributed by atoms with van der Waals surface area (Å²) in [6, 6.07) is 24.2. The number of hydrogen-bond acceptors (Lipinski definition) is 5. The number of rotatable bonds is 9. The average molecular weight is 555 g/mol. The molecule has 0 unspecified atom stereocenters. The third-order valence-electron chi connectivity index (χ3n) is 7.35. The van der Waals surface area contributed by atoms with Crippen LogP contribution >= 0.6 is 0 Å². The number of quaternary nitrogens is 1. The van der Waals surface area contributed by atoms with E-state index in [0.717, 1.165) is 0 Å². The van der Waals surface area contributed by atoms with Gasteiger partial charge < -0.3 is 14.0 Å². The molecule has 0 bridgehead atoms. The average Bonchev–Trinajstić information content (AvgIpc) is 2.96. The molecule has 9 heteroatoms. The molecule has 0 amide bonds. The highest BCUT2D eigenvalue weighted by Crippen LogP contribution is 2.38. The van der Waals surface area contributed by atoms with E-state index in [1.54, 1.807) is 48.5 Å². The van der Waals surface area contributed by atoms with Crippen molar-refractivity contribution in [3.8, 4) is 0 Å². The number of nitrogens with zero attached hydrogens (tertiary/aromatic N) is 1. The number of hydrogen-bond donors (Lipinski definition) is 0. The summed E-state index contributed by atoms with van der Waals surface area (Å²) >= 11 is 0. The first-order chi connectivity index (χ1) is 19.0. The van der Waals surface area contributed by atoms with Gasteiger partial charge in [0.05, 0.1) is 26.7 Å². The number of ether oxygens (including phenoxy) is 2. The molecule has 0 saturated carbocycles. The summed E-state index contributed by atoms with van der Waals surface area (Å²) in [5.41, 5.74) is -1.71. The van der Waals surface area contributed by atoms with Gasteiger partial charge in [-0.15, -0.1) is 0 Å². The fraction of sp³-hybridized carbons (Fsp3) is 0.323. The van der Waals surface area contributed by atoms with E-state index >= 15 is 0 Å². The molecule has 1 fully saturated rings. The summed E-state index contributed by atoms with van der Waals surface area (Å²) in [7, 11) is 2.01. The quantitative estimate of drug-likeness (QED) is 0.204. The monoisotopic (exact) mass is 554 g/mol. The number of alkyl halides is 3. The van der Waals surface area contributed by atoms with E-state index < -0.39 is 23.7 Å². The zero-order valence-electron chi connectivity index (χ0n) is 22.1. The Morgan fingerprint density at radius 3 is 1.73 bits per heavy atom. The first kappa shape index (κ1) is 29.0. The van der Waals surface area contributed by atoms with Crippen molar-refractivity contribution in [1.29, 1.82) is 0 Å². The molecule has 0 spiro atoms. The zero-order chi connectivity index (χ0) is 28.8. The van der Waals surface area contributed by atoms with Gasteiger partial charge in [-0.1, -0.05) is 91.0 Å². The molecule has 6 nitrogen and oxygen atoms in total. The Bertz CT molecular complexity index is 1270. The lowest BCUT2D eigenvalue weighted by molar-refractivity contribution is -0.907. The van der Waals surface area contributed by atoms with Crippen LogP contribution in [0.2, 0.25) is 0 Å². The minimum atomic E-state index is -5.32. The maximum absolute atomic E-state index is 13.7. The van der Waals surface area contributed by atoms with Crippen molar-refractivity contribution in [1.82, 2.24) is 0 Å². The van der Waals surface area contributed by atoms with Crippen molar-refractivity contribution in [3.05, 3.63) is 108 Å². The van der Waals surface area contributed by atoms with Gasteiger partial charge in [0.25, 0.3) is 5.60 Å². The number of esters is 2. The van der Waals surface area contributed by atoms with E-state index in [0.29, 0.717) is 42.5 Å².